The number of aliphatic hydroxyl groups is 1. The summed E-state index contributed by atoms with van der Waals surface area (Å²) >= 11 is 1.68. The van der Waals surface area contributed by atoms with Crippen molar-refractivity contribution in [1.29, 1.82) is 0 Å². The highest BCUT2D eigenvalue weighted by molar-refractivity contribution is 7.98. The molecule has 2 amide bonds. The van der Waals surface area contributed by atoms with Gasteiger partial charge in [0.1, 0.15) is 6.04 Å². The Kier molecular flexibility index (Phi) is 6.69. The molecular formula is C18H26N2O3S. The molecule has 0 saturated heterocycles. The van der Waals surface area contributed by atoms with Gasteiger partial charge in [0.15, 0.2) is 0 Å². The molecule has 0 fully saturated rings. The van der Waals surface area contributed by atoms with Crippen molar-refractivity contribution < 1.29 is 14.7 Å². The largest absolute Gasteiger partial charge is 0.394 e. The normalized spacial score (nSPS) is 16.2. The molecule has 132 valence electrons. The third kappa shape index (κ3) is 4.11. The van der Waals surface area contributed by atoms with E-state index in [0.29, 0.717) is 18.5 Å². The Morgan fingerprint density at radius 1 is 1.38 bits per heavy atom. The van der Waals surface area contributed by atoms with E-state index < -0.39 is 6.04 Å². The molecule has 2 atom stereocenters. The molecule has 2 unspecified atom stereocenters. The second-order valence-corrected chi connectivity index (χ2v) is 7.43. The Bertz CT molecular complexity index is 591. The van der Waals surface area contributed by atoms with Crippen molar-refractivity contribution in [3.05, 3.63) is 35.4 Å². The Balaban J connectivity index is 2.13. The Morgan fingerprint density at radius 2 is 2.08 bits per heavy atom. The first-order valence-electron chi connectivity index (χ1n) is 8.28. The van der Waals surface area contributed by atoms with Crippen molar-refractivity contribution >= 4 is 23.6 Å². The maximum absolute atomic E-state index is 12.8. The van der Waals surface area contributed by atoms with Crippen LogP contribution in [0.4, 0.5) is 0 Å². The third-order valence-corrected chi connectivity index (χ3v) is 4.97. The quantitative estimate of drug-likeness (QED) is 0.751. The third-order valence-electron chi connectivity index (χ3n) is 4.32. The highest BCUT2D eigenvalue weighted by Gasteiger charge is 2.38. The lowest BCUT2D eigenvalue weighted by molar-refractivity contribution is -0.128. The van der Waals surface area contributed by atoms with Crippen LogP contribution in [0.2, 0.25) is 0 Å². The van der Waals surface area contributed by atoms with E-state index in [1.807, 2.05) is 44.4 Å². The molecule has 2 N–H and O–H groups in total. The number of carbonyl (C=O) groups is 2. The first-order chi connectivity index (χ1) is 11.5. The van der Waals surface area contributed by atoms with Gasteiger partial charge in [-0.3, -0.25) is 9.59 Å². The molecule has 0 aliphatic carbocycles. The Labute approximate surface area is 147 Å². The van der Waals surface area contributed by atoms with Crippen LogP contribution < -0.4 is 5.32 Å². The zero-order chi connectivity index (χ0) is 17.7. The van der Waals surface area contributed by atoms with E-state index in [1.165, 1.54) is 0 Å². The number of fused-ring (bicyclic) bond motifs is 1. The van der Waals surface area contributed by atoms with Crippen LogP contribution in [0.5, 0.6) is 0 Å². The minimum atomic E-state index is -0.534. The number of amides is 2. The van der Waals surface area contributed by atoms with Crippen LogP contribution in [-0.4, -0.2) is 52.5 Å². The van der Waals surface area contributed by atoms with Crippen LogP contribution in [0.1, 0.15) is 36.2 Å². The molecule has 0 bridgehead atoms. The summed E-state index contributed by atoms with van der Waals surface area (Å²) in [6.07, 6.45) is 2.70. The highest BCUT2D eigenvalue weighted by Crippen LogP contribution is 2.27. The van der Waals surface area contributed by atoms with Crippen LogP contribution in [0, 0.1) is 5.92 Å². The summed E-state index contributed by atoms with van der Waals surface area (Å²) in [4.78, 5) is 27.1. The van der Waals surface area contributed by atoms with Crippen LogP contribution in [0.25, 0.3) is 0 Å². The average molecular weight is 350 g/mol. The molecule has 1 aliphatic rings. The van der Waals surface area contributed by atoms with Gasteiger partial charge in [-0.2, -0.15) is 11.8 Å². The summed E-state index contributed by atoms with van der Waals surface area (Å²) in [6, 6.07) is 6.68. The first-order valence-corrected chi connectivity index (χ1v) is 9.68. The smallest absolute Gasteiger partial charge is 0.255 e. The van der Waals surface area contributed by atoms with E-state index in [2.05, 4.69) is 5.32 Å². The molecule has 2 rings (SSSR count). The van der Waals surface area contributed by atoms with Crippen molar-refractivity contribution in [2.75, 3.05) is 18.6 Å². The van der Waals surface area contributed by atoms with Crippen molar-refractivity contribution in [2.45, 2.75) is 38.9 Å². The highest BCUT2D eigenvalue weighted by atomic mass is 32.2. The Morgan fingerprint density at radius 3 is 2.67 bits per heavy atom. The molecule has 1 aromatic carbocycles. The van der Waals surface area contributed by atoms with Gasteiger partial charge in [0, 0.05) is 12.1 Å². The monoisotopic (exact) mass is 350 g/mol. The van der Waals surface area contributed by atoms with Crippen molar-refractivity contribution in [3.8, 4) is 0 Å². The maximum Gasteiger partial charge on any atom is 0.255 e. The number of nitrogens with zero attached hydrogens (tertiary/aromatic N) is 1. The molecule has 5 nitrogen and oxygen atoms in total. The number of carbonyl (C=O) groups excluding carboxylic acids is 2. The zero-order valence-corrected chi connectivity index (χ0v) is 15.3. The molecule has 0 radical (unpaired) electrons. The molecule has 1 heterocycles. The van der Waals surface area contributed by atoms with Crippen LogP contribution in [0.3, 0.4) is 0 Å². The van der Waals surface area contributed by atoms with Gasteiger partial charge in [-0.05, 0) is 36.0 Å². The topological polar surface area (TPSA) is 69.6 Å². The summed E-state index contributed by atoms with van der Waals surface area (Å²) in [5, 5.41) is 12.4. The van der Waals surface area contributed by atoms with Gasteiger partial charge in [-0.15, -0.1) is 0 Å². The molecule has 6 heteroatoms. The van der Waals surface area contributed by atoms with Crippen molar-refractivity contribution in [1.82, 2.24) is 10.2 Å². The molecule has 24 heavy (non-hydrogen) atoms. The number of hydrogen-bond donors (Lipinski definition) is 2. The molecule has 1 aromatic rings. The number of aliphatic hydroxyl groups excluding tert-OH is 1. The van der Waals surface area contributed by atoms with Gasteiger partial charge in [0.25, 0.3) is 5.91 Å². The predicted octanol–water partition coefficient (Wildman–Crippen LogP) is 1.90. The van der Waals surface area contributed by atoms with Crippen molar-refractivity contribution in [2.24, 2.45) is 5.92 Å². The number of nitrogens with one attached hydrogen (secondary N) is 1. The van der Waals surface area contributed by atoms with Gasteiger partial charge in [-0.25, -0.2) is 0 Å². The van der Waals surface area contributed by atoms with E-state index in [9.17, 15) is 14.7 Å². The molecule has 0 aromatic heterocycles. The molecule has 0 spiro atoms. The second-order valence-electron chi connectivity index (χ2n) is 6.45. The standard InChI is InChI=1S/C18H26N2O3S/c1-12(2)16(17(22)19-14(11-21)8-9-24-3)20-10-13-6-4-5-7-15(13)18(20)23/h4-7,12,14,16,21H,8-11H2,1-3H3,(H,19,22). The fraction of sp³-hybridized carbons (Fsp3) is 0.556. The van der Waals surface area contributed by atoms with E-state index in [4.69, 9.17) is 0 Å². The van der Waals surface area contributed by atoms with E-state index >= 15 is 0 Å². The van der Waals surface area contributed by atoms with E-state index in [1.54, 1.807) is 16.7 Å². The summed E-state index contributed by atoms with van der Waals surface area (Å²) < 4.78 is 0. The number of hydrogen-bond acceptors (Lipinski definition) is 4. The minimum absolute atomic E-state index is 0.0110. The SMILES string of the molecule is CSCCC(CO)NC(=O)C(C(C)C)N1Cc2ccccc2C1=O. The molecule has 1 aliphatic heterocycles. The lowest BCUT2D eigenvalue weighted by atomic mass is 10.0. The second kappa shape index (κ2) is 8.53. The number of rotatable bonds is 8. The minimum Gasteiger partial charge on any atom is -0.394 e. The Hall–Kier alpha value is -1.53. The number of thioether (sulfide) groups is 1. The summed E-state index contributed by atoms with van der Waals surface area (Å²) in [7, 11) is 0. The fourth-order valence-electron chi connectivity index (χ4n) is 3.06. The lowest BCUT2D eigenvalue weighted by Crippen LogP contribution is -2.53. The van der Waals surface area contributed by atoms with Gasteiger partial charge < -0.3 is 15.3 Å². The number of benzene rings is 1. The molecular weight excluding hydrogens is 324 g/mol. The maximum atomic E-state index is 12.8. The molecule has 0 saturated carbocycles. The summed E-state index contributed by atoms with van der Waals surface area (Å²) in [5.74, 6) is 0.574. The van der Waals surface area contributed by atoms with Crippen LogP contribution >= 0.6 is 11.8 Å². The van der Waals surface area contributed by atoms with Crippen LogP contribution in [-0.2, 0) is 11.3 Å². The summed E-state index contributed by atoms with van der Waals surface area (Å²) in [6.45, 7) is 4.25. The summed E-state index contributed by atoms with van der Waals surface area (Å²) in [5.41, 5.74) is 1.64. The average Bonchev–Trinajstić information content (AvgIpc) is 2.88. The van der Waals surface area contributed by atoms with Gasteiger partial charge in [0.05, 0.1) is 12.6 Å². The van der Waals surface area contributed by atoms with E-state index in [0.717, 1.165) is 11.3 Å². The zero-order valence-electron chi connectivity index (χ0n) is 14.5. The fourth-order valence-corrected chi connectivity index (χ4v) is 3.58. The van der Waals surface area contributed by atoms with Crippen LogP contribution in [0.15, 0.2) is 24.3 Å². The van der Waals surface area contributed by atoms with Gasteiger partial charge in [-0.1, -0.05) is 32.0 Å². The van der Waals surface area contributed by atoms with Gasteiger partial charge in [0.2, 0.25) is 5.91 Å². The first kappa shape index (κ1) is 18.8. The van der Waals surface area contributed by atoms with Crippen molar-refractivity contribution in [3.63, 3.8) is 0 Å². The van der Waals surface area contributed by atoms with Gasteiger partial charge >= 0.3 is 0 Å². The lowest BCUT2D eigenvalue weighted by Gasteiger charge is -2.31. The predicted molar refractivity (Wildman–Crippen MR) is 97.0 cm³/mol. The van der Waals surface area contributed by atoms with E-state index in [-0.39, 0.29) is 30.4 Å².